The minimum Gasteiger partial charge on any atom is -0.444 e. The highest BCUT2D eigenvalue weighted by Gasteiger charge is 2.39. The predicted molar refractivity (Wildman–Crippen MR) is 168 cm³/mol. The Balaban J connectivity index is 1.32. The third-order valence-corrected chi connectivity index (χ3v) is 10.3. The normalized spacial score (nSPS) is 21.8. The summed E-state index contributed by atoms with van der Waals surface area (Å²) in [5, 5.41) is 6.28. The Labute approximate surface area is 254 Å². The van der Waals surface area contributed by atoms with Crippen LogP contribution in [-0.2, 0) is 20.9 Å². The van der Waals surface area contributed by atoms with Gasteiger partial charge in [0.15, 0.2) is 0 Å². The summed E-state index contributed by atoms with van der Waals surface area (Å²) >= 11 is 3.29. The van der Waals surface area contributed by atoms with Gasteiger partial charge < -0.3 is 15.4 Å². The third kappa shape index (κ3) is 10.4. The SMILES string of the molecule is CC(C)(C)OC(=O)N1CSC[C@H]1C(=O)N[C@@H](CSCC1CCCCC1)C(=O)NC1CCN(Cc2ccccc2)CC1. The lowest BCUT2D eigenvalue weighted by molar-refractivity contribution is -0.131. The molecule has 3 fully saturated rings. The molecule has 1 aliphatic carbocycles. The van der Waals surface area contributed by atoms with Crippen molar-refractivity contribution in [1.29, 1.82) is 0 Å². The van der Waals surface area contributed by atoms with Crippen molar-refractivity contribution in [2.45, 2.75) is 96.0 Å². The monoisotopic (exact) mass is 604 g/mol. The van der Waals surface area contributed by atoms with Gasteiger partial charge in [-0.2, -0.15) is 11.8 Å². The van der Waals surface area contributed by atoms with E-state index in [1.807, 2.05) is 26.8 Å². The summed E-state index contributed by atoms with van der Waals surface area (Å²) in [4.78, 5) is 43.7. The van der Waals surface area contributed by atoms with Crippen LogP contribution >= 0.6 is 23.5 Å². The second-order valence-corrected chi connectivity index (χ2v) is 14.7. The van der Waals surface area contributed by atoms with E-state index in [0.29, 0.717) is 23.3 Å². The average Bonchev–Trinajstić information content (AvgIpc) is 3.44. The molecule has 1 saturated carbocycles. The van der Waals surface area contributed by atoms with Crippen molar-refractivity contribution in [3.8, 4) is 0 Å². The van der Waals surface area contributed by atoms with E-state index in [2.05, 4.69) is 39.8 Å². The molecule has 0 unspecified atom stereocenters. The highest BCUT2D eigenvalue weighted by atomic mass is 32.2. The summed E-state index contributed by atoms with van der Waals surface area (Å²) in [7, 11) is 0. The molecule has 2 aliphatic heterocycles. The lowest BCUT2D eigenvalue weighted by atomic mass is 9.91. The number of piperidine rings is 1. The second-order valence-electron chi connectivity index (χ2n) is 12.6. The van der Waals surface area contributed by atoms with Gasteiger partial charge >= 0.3 is 6.09 Å². The molecule has 2 saturated heterocycles. The van der Waals surface area contributed by atoms with Crippen LogP contribution in [0, 0.1) is 5.92 Å². The van der Waals surface area contributed by atoms with E-state index < -0.39 is 23.8 Å². The molecular formula is C31H48N4O4S2. The van der Waals surface area contributed by atoms with E-state index in [4.69, 9.17) is 4.74 Å². The molecule has 10 heteroatoms. The first-order chi connectivity index (χ1) is 19.7. The third-order valence-electron chi connectivity index (χ3n) is 7.99. The van der Waals surface area contributed by atoms with Crippen LogP contribution in [0.5, 0.6) is 0 Å². The van der Waals surface area contributed by atoms with Crippen LogP contribution < -0.4 is 10.6 Å². The number of likely N-dealkylation sites (tertiary alicyclic amines) is 1. The van der Waals surface area contributed by atoms with Crippen molar-refractivity contribution in [1.82, 2.24) is 20.4 Å². The van der Waals surface area contributed by atoms with Gasteiger partial charge in [-0.3, -0.25) is 19.4 Å². The number of thioether (sulfide) groups is 2. The van der Waals surface area contributed by atoms with Crippen LogP contribution in [0.4, 0.5) is 4.79 Å². The fraction of sp³-hybridized carbons (Fsp3) is 0.710. The molecule has 2 N–H and O–H groups in total. The smallest absolute Gasteiger partial charge is 0.411 e. The number of nitrogens with one attached hydrogen (secondary N) is 2. The van der Waals surface area contributed by atoms with E-state index in [1.165, 1.54) is 54.3 Å². The Morgan fingerprint density at radius 3 is 2.44 bits per heavy atom. The van der Waals surface area contributed by atoms with Crippen molar-refractivity contribution in [3.63, 3.8) is 0 Å². The Morgan fingerprint density at radius 1 is 1.05 bits per heavy atom. The van der Waals surface area contributed by atoms with Crippen LogP contribution in [-0.4, -0.2) is 87.7 Å². The molecule has 1 aromatic rings. The van der Waals surface area contributed by atoms with E-state index >= 15 is 0 Å². The fourth-order valence-electron chi connectivity index (χ4n) is 5.70. The molecule has 2 atom stereocenters. The first-order valence-corrected chi connectivity index (χ1v) is 17.5. The number of nitrogens with zero attached hydrogens (tertiary/aromatic N) is 2. The summed E-state index contributed by atoms with van der Waals surface area (Å²) < 4.78 is 5.54. The van der Waals surface area contributed by atoms with Crippen molar-refractivity contribution >= 4 is 41.4 Å². The van der Waals surface area contributed by atoms with Gasteiger partial charge in [-0.25, -0.2) is 4.79 Å². The molecule has 1 aromatic carbocycles. The quantitative estimate of drug-likeness (QED) is 0.394. The van der Waals surface area contributed by atoms with Crippen LogP contribution in [0.2, 0.25) is 0 Å². The molecule has 0 aromatic heterocycles. The average molecular weight is 605 g/mol. The maximum Gasteiger partial charge on any atom is 0.411 e. The zero-order valence-corrected chi connectivity index (χ0v) is 26.6. The van der Waals surface area contributed by atoms with Gasteiger partial charge in [0.2, 0.25) is 11.8 Å². The highest BCUT2D eigenvalue weighted by molar-refractivity contribution is 7.99. The van der Waals surface area contributed by atoms with Gasteiger partial charge in [0.05, 0.1) is 5.88 Å². The first-order valence-electron chi connectivity index (χ1n) is 15.2. The standard InChI is InChI=1S/C31H48N4O4S2/c1-31(2,3)39-30(38)35-22-41-21-27(35)29(37)33-26(20-40-19-24-12-8-5-9-13-24)28(36)32-25-14-16-34(17-15-25)18-23-10-6-4-7-11-23/h4,6-7,10-11,24-27H,5,8-9,12-22H2,1-3H3,(H,32,36)(H,33,37)/t26-,27-/m0/s1. The van der Waals surface area contributed by atoms with E-state index in [9.17, 15) is 14.4 Å². The molecule has 4 rings (SSSR count). The number of hydrogen-bond donors (Lipinski definition) is 2. The largest absolute Gasteiger partial charge is 0.444 e. The van der Waals surface area contributed by atoms with Crippen LogP contribution in [0.15, 0.2) is 30.3 Å². The van der Waals surface area contributed by atoms with Gasteiger partial charge in [0.1, 0.15) is 17.7 Å². The minimum atomic E-state index is -0.644. The fourth-order valence-corrected chi connectivity index (χ4v) is 8.11. The predicted octanol–water partition coefficient (Wildman–Crippen LogP) is 4.88. The Kier molecular flexibility index (Phi) is 12.1. The maximum atomic E-state index is 13.6. The minimum absolute atomic E-state index is 0.0950. The van der Waals surface area contributed by atoms with Gasteiger partial charge in [0.25, 0.3) is 0 Å². The van der Waals surface area contributed by atoms with Crippen molar-refractivity contribution in [2.24, 2.45) is 5.92 Å². The van der Waals surface area contributed by atoms with Crippen molar-refractivity contribution < 1.29 is 19.1 Å². The summed E-state index contributed by atoms with van der Waals surface area (Å²) in [5.74, 6) is 2.74. The summed E-state index contributed by atoms with van der Waals surface area (Å²) in [6, 6.07) is 9.30. The number of rotatable bonds is 10. The molecule has 8 nitrogen and oxygen atoms in total. The summed E-state index contributed by atoms with van der Waals surface area (Å²) in [6.07, 6.45) is 7.69. The molecule has 228 valence electrons. The Morgan fingerprint density at radius 2 is 1.76 bits per heavy atom. The van der Waals surface area contributed by atoms with Gasteiger partial charge in [0, 0.05) is 37.2 Å². The number of carbonyl (C=O) groups is 3. The molecule has 2 heterocycles. The molecular weight excluding hydrogens is 556 g/mol. The van der Waals surface area contributed by atoms with Crippen LogP contribution in [0.1, 0.15) is 71.3 Å². The molecule has 3 aliphatic rings. The Hall–Kier alpha value is -1.91. The zero-order chi connectivity index (χ0) is 29.2. The molecule has 41 heavy (non-hydrogen) atoms. The number of ether oxygens (including phenoxy) is 1. The number of hydrogen-bond acceptors (Lipinski definition) is 7. The topological polar surface area (TPSA) is 91.0 Å². The van der Waals surface area contributed by atoms with E-state index in [1.54, 1.807) is 11.8 Å². The summed E-state index contributed by atoms with van der Waals surface area (Å²) in [5.41, 5.74) is 0.665. The van der Waals surface area contributed by atoms with Crippen LogP contribution in [0.3, 0.4) is 0 Å². The Bertz CT molecular complexity index is 992. The van der Waals surface area contributed by atoms with E-state index in [-0.39, 0.29) is 17.9 Å². The van der Waals surface area contributed by atoms with Crippen molar-refractivity contribution in [2.75, 3.05) is 36.2 Å². The summed E-state index contributed by atoms with van der Waals surface area (Å²) in [6.45, 7) is 8.23. The van der Waals surface area contributed by atoms with Gasteiger partial charge in [-0.1, -0.05) is 49.6 Å². The number of carbonyl (C=O) groups excluding carboxylic acids is 3. The lowest BCUT2D eigenvalue weighted by Gasteiger charge is -2.33. The van der Waals surface area contributed by atoms with Crippen LogP contribution in [0.25, 0.3) is 0 Å². The molecule has 3 amide bonds. The molecule has 0 bridgehead atoms. The van der Waals surface area contributed by atoms with Gasteiger partial charge in [-0.15, -0.1) is 11.8 Å². The maximum absolute atomic E-state index is 13.6. The highest BCUT2D eigenvalue weighted by Crippen LogP contribution is 2.27. The lowest BCUT2D eigenvalue weighted by Crippen LogP contribution is -2.57. The molecule has 0 spiro atoms. The number of benzene rings is 1. The second kappa shape index (κ2) is 15.5. The van der Waals surface area contributed by atoms with Crippen molar-refractivity contribution in [3.05, 3.63) is 35.9 Å². The number of amides is 3. The molecule has 0 radical (unpaired) electrons. The first kappa shape index (κ1) is 32.0. The van der Waals surface area contributed by atoms with E-state index in [0.717, 1.165) is 38.2 Å². The van der Waals surface area contributed by atoms with Gasteiger partial charge in [-0.05, 0) is 63.7 Å². The zero-order valence-electron chi connectivity index (χ0n) is 24.9.